The number of aliphatic hydroxyl groups is 1. The van der Waals surface area contributed by atoms with E-state index in [4.69, 9.17) is 24.7 Å². The fourth-order valence-corrected chi connectivity index (χ4v) is 4.33. The van der Waals surface area contributed by atoms with E-state index in [2.05, 4.69) is 4.98 Å². The van der Waals surface area contributed by atoms with E-state index in [9.17, 15) is 40.6 Å². The number of nitrogens with two attached hydrogens (primary N) is 1. The highest BCUT2D eigenvalue weighted by Gasteiger charge is 2.61. The number of benzene rings is 2. The largest absolute Gasteiger partial charge is 0.493 e. The topological polar surface area (TPSA) is 125 Å². The van der Waals surface area contributed by atoms with Gasteiger partial charge in [0.25, 0.3) is 5.91 Å². The fourth-order valence-electron chi connectivity index (χ4n) is 4.33. The van der Waals surface area contributed by atoms with Crippen LogP contribution >= 0.6 is 0 Å². The van der Waals surface area contributed by atoms with Crippen molar-refractivity contribution >= 4 is 5.91 Å². The van der Waals surface area contributed by atoms with Crippen LogP contribution in [0.4, 0.5) is 30.7 Å². The van der Waals surface area contributed by atoms with Gasteiger partial charge in [0.15, 0.2) is 22.8 Å². The number of ether oxygens (including phenoxy) is 4. The summed E-state index contributed by atoms with van der Waals surface area (Å²) in [7, 11) is 2.72. The van der Waals surface area contributed by atoms with Crippen molar-refractivity contribution in [2.45, 2.75) is 23.5 Å². The average molecular weight is 634 g/mol. The Bertz CT molecular complexity index is 1520. The highest BCUT2D eigenvalue weighted by atomic mass is 19.4. The van der Waals surface area contributed by atoms with Crippen molar-refractivity contribution < 1.29 is 59.6 Å². The number of aromatic nitrogens is 1. The third kappa shape index (κ3) is 6.09. The van der Waals surface area contributed by atoms with Crippen LogP contribution < -0.4 is 25.3 Å². The van der Waals surface area contributed by atoms with Gasteiger partial charge < -0.3 is 35.1 Å². The highest BCUT2D eigenvalue weighted by molar-refractivity contribution is 5.95. The average Bonchev–Trinajstić information content (AvgIpc) is 3.33. The number of methoxy groups -OCH3 is 2. The number of hydrogen-bond donors (Lipinski definition) is 3. The second kappa shape index (κ2) is 12.1. The number of carbonyl (C=O) groups is 1. The molecule has 0 spiro atoms. The van der Waals surface area contributed by atoms with Gasteiger partial charge in [-0.15, -0.1) is 0 Å². The number of nitrogens with one attached hydrogen (secondary N) is 1. The Morgan fingerprint density at radius 1 is 1.05 bits per heavy atom. The molecular formula is C28H26F7N3O6. The minimum absolute atomic E-state index is 0.0653. The molecule has 44 heavy (non-hydrogen) atoms. The first-order valence-electron chi connectivity index (χ1n) is 12.7. The lowest BCUT2D eigenvalue weighted by Crippen LogP contribution is -2.53. The van der Waals surface area contributed by atoms with Gasteiger partial charge in [0.2, 0.25) is 5.60 Å². The molecular weight excluding hydrogens is 607 g/mol. The molecule has 4 rings (SSSR count). The molecule has 16 heteroatoms. The van der Waals surface area contributed by atoms with Gasteiger partial charge in [-0.05, 0) is 48.5 Å². The lowest BCUT2D eigenvalue weighted by atomic mass is 9.87. The van der Waals surface area contributed by atoms with Crippen molar-refractivity contribution in [1.29, 1.82) is 0 Å². The molecule has 1 aromatic heterocycles. The number of halogens is 7. The summed E-state index contributed by atoms with van der Waals surface area (Å²) in [5.41, 5.74) is -4.79. The number of alkyl halides is 6. The molecule has 1 amide bonds. The lowest BCUT2D eigenvalue weighted by Gasteiger charge is -2.32. The van der Waals surface area contributed by atoms with Crippen molar-refractivity contribution in [3.8, 4) is 28.5 Å². The molecule has 1 aliphatic rings. The molecule has 3 aromatic rings. The van der Waals surface area contributed by atoms with Gasteiger partial charge in [-0.3, -0.25) is 4.79 Å². The van der Waals surface area contributed by atoms with Crippen molar-refractivity contribution in [2.24, 2.45) is 5.73 Å². The predicted molar refractivity (Wildman–Crippen MR) is 140 cm³/mol. The van der Waals surface area contributed by atoms with Crippen molar-refractivity contribution in [1.82, 2.24) is 10.3 Å². The van der Waals surface area contributed by atoms with Crippen LogP contribution in [0.25, 0.3) is 11.3 Å². The van der Waals surface area contributed by atoms with Crippen LogP contribution in [0.2, 0.25) is 0 Å². The number of pyridine rings is 1. The van der Waals surface area contributed by atoms with Crippen LogP contribution in [-0.4, -0.2) is 68.9 Å². The van der Waals surface area contributed by atoms with Gasteiger partial charge in [0, 0.05) is 23.8 Å². The molecule has 0 radical (unpaired) electrons. The molecule has 0 saturated heterocycles. The summed E-state index contributed by atoms with van der Waals surface area (Å²) in [5.74, 6) is -2.15. The minimum atomic E-state index is -5.58. The van der Waals surface area contributed by atoms with E-state index < -0.39 is 71.1 Å². The Hall–Kier alpha value is -4.15. The Labute approximate surface area is 245 Å². The first-order chi connectivity index (χ1) is 20.6. The van der Waals surface area contributed by atoms with Gasteiger partial charge in [0.05, 0.1) is 26.0 Å². The quantitative estimate of drug-likeness (QED) is 0.224. The van der Waals surface area contributed by atoms with Crippen LogP contribution in [0, 0.1) is 5.82 Å². The zero-order valence-corrected chi connectivity index (χ0v) is 23.1. The second-order valence-corrected chi connectivity index (χ2v) is 9.75. The zero-order valence-electron chi connectivity index (χ0n) is 23.1. The Morgan fingerprint density at radius 2 is 1.73 bits per heavy atom. The molecule has 0 bridgehead atoms. The predicted octanol–water partition coefficient (Wildman–Crippen LogP) is 4.21. The van der Waals surface area contributed by atoms with Gasteiger partial charge in [-0.2, -0.15) is 26.3 Å². The maximum absolute atomic E-state index is 14.5. The van der Waals surface area contributed by atoms with E-state index in [1.807, 2.05) is 5.32 Å². The summed E-state index contributed by atoms with van der Waals surface area (Å²) in [5, 5.41) is 13.0. The van der Waals surface area contributed by atoms with Crippen molar-refractivity contribution in [3.63, 3.8) is 0 Å². The zero-order chi connectivity index (χ0) is 32.5. The summed E-state index contributed by atoms with van der Waals surface area (Å²) in [6.07, 6.45) is -10.8. The van der Waals surface area contributed by atoms with Crippen LogP contribution in [0.3, 0.4) is 0 Å². The smallest absolute Gasteiger partial charge is 0.424 e. The van der Waals surface area contributed by atoms with Crippen LogP contribution in [-0.2, 0) is 15.9 Å². The molecule has 0 saturated carbocycles. The van der Waals surface area contributed by atoms with Crippen LogP contribution in [0.1, 0.15) is 21.6 Å². The third-order valence-corrected chi connectivity index (χ3v) is 6.89. The van der Waals surface area contributed by atoms with Gasteiger partial charge in [0.1, 0.15) is 24.7 Å². The first kappa shape index (κ1) is 32.8. The molecule has 1 aliphatic heterocycles. The molecule has 0 fully saturated rings. The van der Waals surface area contributed by atoms with E-state index in [0.717, 1.165) is 24.3 Å². The second-order valence-electron chi connectivity index (χ2n) is 9.75. The number of hydrogen-bond acceptors (Lipinski definition) is 8. The normalized spacial score (nSPS) is 17.8. The van der Waals surface area contributed by atoms with E-state index in [0.29, 0.717) is 6.07 Å². The van der Waals surface area contributed by atoms with Crippen LogP contribution in [0.5, 0.6) is 17.2 Å². The standard InChI is InChI=1S/C28H26F7N3O6/c1-41-9-10-43-19-8-5-16(11-20(19)42-2)24(39)37-13-26(40,28(33,34)35)21-12-18-23(44-14-25(18,36)27(30,31)32)22(38-21)15-3-6-17(29)7-4-15/h3-8,11-12,40H,9-10,13-14,36H2,1-2H3,(H,37,39)/t25-,26?/m0/s1. The molecule has 9 nitrogen and oxygen atoms in total. The monoisotopic (exact) mass is 633 g/mol. The summed E-state index contributed by atoms with van der Waals surface area (Å²) < 4.78 is 120. The highest BCUT2D eigenvalue weighted by Crippen LogP contribution is 2.51. The summed E-state index contributed by atoms with van der Waals surface area (Å²) >= 11 is 0. The molecule has 2 atom stereocenters. The SMILES string of the molecule is COCCOc1ccc(C(=O)NCC(O)(c2cc3c(c(-c4ccc(F)cc4)n2)OC[C@@]3(N)C(F)(F)F)C(F)(F)F)cc1OC. The number of nitrogens with zero attached hydrogens (tertiary/aromatic N) is 1. The maximum atomic E-state index is 14.5. The number of rotatable bonds is 10. The Morgan fingerprint density at radius 3 is 2.32 bits per heavy atom. The van der Waals surface area contributed by atoms with Crippen molar-refractivity contribution in [2.75, 3.05) is 40.6 Å². The van der Waals surface area contributed by atoms with Gasteiger partial charge in [-0.1, -0.05) is 0 Å². The Balaban J connectivity index is 1.75. The van der Waals surface area contributed by atoms with E-state index in [-0.39, 0.29) is 35.8 Å². The third-order valence-electron chi connectivity index (χ3n) is 6.89. The van der Waals surface area contributed by atoms with E-state index in [1.165, 1.54) is 32.4 Å². The first-order valence-corrected chi connectivity index (χ1v) is 12.7. The van der Waals surface area contributed by atoms with E-state index >= 15 is 0 Å². The molecule has 0 aliphatic carbocycles. The summed E-state index contributed by atoms with van der Waals surface area (Å²) in [6.45, 7) is -2.39. The minimum Gasteiger partial charge on any atom is -0.493 e. The fraction of sp³-hybridized carbons (Fsp3) is 0.357. The lowest BCUT2D eigenvalue weighted by molar-refractivity contribution is -0.265. The van der Waals surface area contributed by atoms with Crippen molar-refractivity contribution in [3.05, 3.63) is 71.2 Å². The molecule has 1 unspecified atom stereocenters. The molecule has 2 aromatic carbocycles. The summed E-state index contributed by atoms with van der Waals surface area (Å²) in [6, 6.07) is 7.99. The number of fused-ring (bicyclic) bond motifs is 1. The Kier molecular flexibility index (Phi) is 9.00. The van der Waals surface area contributed by atoms with Gasteiger partial charge in [-0.25, -0.2) is 9.37 Å². The maximum Gasteiger partial charge on any atom is 0.424 e. The van der Waals surface area contributed by atoms with E-state index in [1.54, 1.807) is 0 Å². The van der Waals surface area contributed by atoms with Gasteiger partial charge >= 0.3 is 12.4 Å². The number of amides is 1. The molecule has 2 heterocycles. The summed E-state index contributed by atoms with van der Waals surface area (Å²) in [4.78, 5) is 16.7. The number of carbonyl (C=O) groups excluding carboxylic acids is 1. The molecule has 4 N–H and O–H groups in total. The van der Waals surface area contributed by atoms with Crippen LogP contribution in [0.15, 0.2) is 48.5 Å². The molecule has 238 valence electrons.